The molecule has 1 aromatic heterocycles. The lowest BCUT2D eigenvalue weighted by atomic mass is 10.4. The molecule has 0 bridgehead atoms. The molecule has 3 rings (SSSR count). The van der Waals surface area contributed by atoms with Crippen molar-refractivity contribution in [2.75, 3.05) is 26.2 Å². The second-order valence-corrected chi connectivity index (χ2v) is 12.8. The van der Waals surface area contributed by atoms with E-state index in [0.29, 0.717) is 0 Å². The Balaban J connectivity index is 1.74. The highest BCUT2D eigenvalue weighted by atomic mass is 79.9. The average molecular weight is 530 g/mol. The summed E-state index contributed by atoms with van der Waals surface area (Å²) in [6.45, 7) is 0.523. The molecule has 0 spiro atoms. The van der Waals surface area contributed by atoms with E-state index in [4.69, 9.17) is 0 Å². The van der Waals surface area contributed by atoms with Gasteiger partial charge in [0.25, 0.3) is 10.0 Å². The molecular weight excluding hydrogens is 516 g/mol. The van der Waals surface area contributed by atoms with Crippen LogP contribution in [0.4, 0.5) is 0 Å². The molecule has 0 saturated carbocycles. The zero-order valence-corrected chi connectivity index (χ0v) is 18.4. The Morgan fingerprint density at radius 3 is 1.76 bits per heavy atom. The summed E-state index contributed by atoms with van der Waals surface area (Å²) in [7, 11) is -7.21. The van der Waals surface area contributed by atoms with Gasteiger partial charge in [-0.05, 0) is 52.3 Å². The fourth-order valence-electron chi connectivity index (χ4n) is 2.47. The molecule has 6 nitrogen and oxygen atoms in total. The Hall–Kier alpha value is -0.300. The first-order valence-corrected chi connectivity index (χ1v) is 12.5. The third kappa shape index (κ3) is 4.02. The highest BCUT2D eigenvalue weighted by Crippen LogP contribution is 2.29. The molecule has 11 heteroatoms. The van der Waals surface area contributed by atoms with Gasteiger partial charge in [0, 0.05) is 30.7 Å². The molecule has 1 aliphatic heterocycles. The third-order valence-electron chi connectivity index (χ3n) is 3.79. The largest absolute Gasteiger partial charge is 0.252 e. The average Bonchev–Trinajstić information content (AvgIpc) is 3.03. The summed E-state index contributed by atoms with van der Waals surface area (Å²) in [5, 5.41) is 0. The van der Waals surface area contributed by atoms with E-state index in [2.05, 4.69) is 31.9 Å². The molecular formula is C14H14Br2N2O4S3. The second-order valence-electron chi connectivity index (χ2n) is 5.32. The van der Waals surface area contributed by atoms with Gasteiger partial charge in [0.2, 0.25) is 10.0 Å². The van der Waals surface area contributed by atoms with Crippen LogP contribution < -0.4 is 0 Å². The van der Waals surface area contributed by atoms with Crippen molar-refractivity contribution >= 4 is 63.2 Å². The van der Waals surface area contributed by atoms with E-state index in [0.717, 1.165) is 19.6 Å². The van der Waals surface area contributed by atoms with E-state index in [9.17, 15) is 16.8 Å². The van der Waals surface area contributed by atoms with Crippen LogP contribution >= 0.6 is 43.2 Å². The van der Waals surface area contributed by atoms with Crippen molar-refractivity contribution in [2.24, 2.45) is 0 Å². The van der Waals surface area contributed by atoms with Crippen LogP contribution in [0.25, 0.3) is 0 Å². The van der Waals surface area contributed by atoms with Gasteiger partial charge in [-0.1, -0.05) is 15.9 Å². The van der Waals surface area contributed by atoms with Crippen LogP contribution in [0, 0.1) is 0 Å². The third-order valence-corrected chi connectivity index (χ3v) is 10.2. The molecule has 0 aliphatic carbocycles. The fraction of sp³-hybridized carbons (Fsp3) is 0.286. The predicted octanol–water partition coefficient (Wildman–Crippen LogP) is 2.97. The minimum Gasteiger partial charge on any atom is -0.207 e. The first kappa shape index (κ1) is 19.5. The van der Waals surface area contributed by atoms with E-state index < -0.39 is 20.0 Å². The maximum atomic E-state index is 12.7. The molecule has 0 unspecified atom stereocenters. The van der Waals surface area contributed by atoms with Crippen LogP contribution in [0.3, 0.4) is 0 Å². The summed E-state index contributed by atoms with van der Waals surface area (Å²) in [6, 6.07) is 9.64. The maximum Gasteiger partial charge on any atom is 0.252 e. The number of benzene rings is 1. The summed E-state index contributed by atoms with van der Waals surface area (Å²) in [4.78, 5) is 0.203. The minimum atomic E-state index is -3.62. The number of thiophene rings is 1. The lowest BCUT2D eigenvalue weighted by Crippen LogP contribution is -2.50. The van der Waals surface area contributed by atoms with Gasteiger partial charge in [-0.15, -0.1) is 11.3 Å². The zero-order chi connectivity index (χ0) is 18.2. The van der Waals surface area contributed by atoms with E-state index in [1.165, 1.54) is 20.7 Å². The first-order chi connectivity index (χ1) is 11.7. The molecule has 2 aromatic rings. The van der Waals surface area contributed by atoms with Crippen molar-refractivity contribution in [1.82, 2.24) is 8.61 Å². The van der Waals surface area contributed by atoms with Gasteiger partial charge in [0.15, 0.2) is 0 Å². The normalized spacial score (nSPS) is 17.7. The number of rotatable bonds is 4. The molecule has 0 amide bonds. The summed E-state index contributed by atoms with van der Waals surface area (Å²) in [6.07, 6.45) is 0. The highest BCUT2D eigenvalue weighted by molar-refractivity contribution is 9.11. The van der Waals surface area contributed by atoms with Crippen molar-refractivity contribution in [3.8, 4) is 0 Å². The molecule has 1 aromatic carbocycles. The van der Waals surface area contributed by atoms with Gasteiger partial charge in [-0.3, -0.25) is 0 Å². The van der Waals surface area contributed by atoms with Crippen LogP contribution in [-0.2, 0) is 20.0 Å². The van der Waals surface area contributed by atoms with Gasteiger partial charge in [-0.2, -0.15) is 8.61 Å². The van der Waals surface area contributed by atoms with Gasteiger partial charge in [0.05, 0.1) is 8.68 Å². The van der Waals surface area contributed by atoms with Gasteiger partial charge in [0.1, 0.15) is 4.21 Å². The summed E-state index contributed by atoms with van der Waals surface area (Å²) >= 11 is 7.68. The number of hydrogen-bond acceptors (Lipinski definition) is 5. The van der Waals surface area contributed by atoms with Gasteiger partial charge >= 0.3 is 0 Å². The molecule has 0 radical (unpaired) electrons. The topological polar surface area (TPSA) is 74.8 Å². The Morgan fingerprint density at radius 2 is 1.28 bits per heavy atom. The lowest BCUT2D eigenvalue weighted by molar-refractivity contribution is 0.273. The van der Waals surface area contributed by atoms with Crippen LogP contribution in [-0.4, -0.2) is 51.6 Å². The highest BCUT2D eigenvalue weighted by Gasteiger charge is 2.34. The van der Waals surface area contributed by atoms with Crippen LogP contribution in [0.2, 0.25) is 0 Å². The minimum absolute atomic E-state index is 0.129. The predicted molar refractivity (Wildman–Crippen MR) is 104 cm³/mol. The standard InChI is InChI=1S/C14H14Br2N2O4S3/c15-11-1-3-12(4-2-11)24(19,20)17-7-9-18(10-8-17)25(21,22)14-6-5-13(16)23-14/h1-6H,7-10H2. The van der Waals surface area contributed by atoms with Crippen molar-refractivity contribution in [1.29, 1.82) is 0 Å². The van der Waals surface area contributed by atoms with E-state index >= 15 is 0 Å². The Bertz CT molecular complexity index is 964. The van der Waals surface area contributed by atoms with Crippen molar-refractivity contribution in [3.05, 3.63) is 44.7 Å². The molecule has 1 fully saturated rings. The summed E-state index contributed by atoms with van der Waals surface area (Å²) in [5.41, 5.74) is 0. The fourth-order valence-corrected chi connectivity index (χ4v) is 7.74. The summed E-state index contributed by atoms with van der Waals surface area (Å²) in [5.74, 6) is 0. The van der Waals surface area contributed by atoms with E-state index in [1.54, 1.807) is 24.3 Å². The first-order valence-electron chi connectivity index (χ1n) is 7.22. The quantitative estimate of drug-likeness (QED) is 0.610. The molecule has 1 saturated heterocycles. The smallest absolute Gasteiger partial charge is 0.207 e. The Morgan fingerprint density at radius 1 is 0.760 bits per heavy atom. The van der Waals surface area contributed by atoms with Crippen LogP contribution in [0.15, 0.2) is 53.8 Å². The molecule has 1 aliphatic rings. The van der Waals surface area contributed by atoms with Crippen molar-refractivity contribution in [2.45, 2.75) is 9.10 Å². The van der Waals surface area contributed by atoms with Gasteiger partial charge in [-0.25, -0.2) is 16.8 Å². The zero-order valence-electron chi connectivity index (χ0n) is 12.8. The maximum absolute atomic E-state index is 12.7. The molecule has 25 heavy (non-hydrogen) atoms. The molecule has 0 N–H and O–H groups in total. The van der Waals surface area contributed by atoms with E-state index in [-0.39, 0.29) is 35.3 Å². The van der Waals surface area contributed by atoms with Gasteiger partial charge < -0.3 is 0 Å². The lowest BCUT2D eigenvalue weighted by Gasteiger charge is -2.32. The SMILES string of the molecule is O=S(=O)(c1ccc(Br)cc1)N1CCN(S(=O)(=O)c2ccc(Br)s2)CC1. The molecule has 136 valence electrons. The van der Waals surface area contributed by atoms with Crippen molar-refractivity contribution in [3.63, 3.8) is 0 Å². The Kier molecular flexibility index (Phi) is 5.74. The van der Waals surface area contributed by atoms with Crippen LogP contribution in [0.1, 0.15) is 0 Å². The summed E-state index contributed by atoms with van der Waals surface area (Å²) < 4.78 is 55.0. The number of nitrogens with zero attached hydrogens (tertiary/aromatic N) is 2. The Labute approximate surface area is 167 Å². The van der Waals surface area contributed by atoms with Crippen LogP contribution in [0.5, 0.6) is 0 Å². The molecule has 0 atom stereocenters. The number of sulfonamides is 2. The molecule has 2 heterocycles. The van der Waals surface area contributed by atoms with E-state index in [1.807, 2.05) is 0 Å². The van der Waals surface area contributed by atoms with Crippen molar-refractivity contribution < 1.29 is 16.8 Å². The second kappa shape index (κ2) is 7.37. The number of piperazine rings is 1. The number of hydrogen-bond donors (Lipinski definition) is 0. The monoisotopic (exact) mass is 528 g/mol. The number of halogens is 2.